The highest BCUT2D eigenvalue weighted by molar-refractivity contribution is 5.82. The van der Waals surface area contributed by atoms with Crippen LogP contribution in [0.5, 0.6) is 0 Å². The van der Waals surface area contributed by atoms with Crippen LogP contribution < -0.4 is 0 Å². The minimum atomic E-state index is -4.12. The molecule has 0 unspecified atom stereocenters. The van der Waals surface area contributed by atoms with Gasteiger partial charge in [0.2, 0.25) is 0 Å². The number of rotatable bonds is 4. The predicted octanol–water partition coefficient (Wildman–Crippen LogP) is 3.94. The molecule has 1 aliphatic carbocycles. The lowest BCUT2D eigenvalue weighted by Crippen LogP contribution is -2.30. The summed E-state index contributed by atoms with van der Waals surface area (Å²) in [5.74, 6) is -1.46. The Hall–Kier alpha value is -1.33. The number of hydrogen-bond donors (Lipinski definition) is 0. The second kappa shape index (κ2) is 6.20. The Morgan fingerprint density at radius 1 is 1.33 bits per heavy atom. The Kier molecular flexibility index (Phi) is 4.74. The first-order valence-corrected chi connectivity index (χ1v) is 7.41. The Balaban J connectivity index is 1.87. The molecule has 1 heterocycles. The van der Waals surface area contributed by atoms with Crippen molar-refractivity contribution >= 4 is 5.78 Å². The summed E-state index contributed by atoms with van der Waals surface area (Å²) in [6.45, 7) is 3.99. The molecule has 6 heteroatoms. The largest absolute Gasteiger partial charge is 0.391 e. The van der Waals surface area contributed by atoms with Crippen LogP contribution in [0.4, 0.5) is 13.2 Å². The number of alkyl halides is 3. The van der Waals surface area contributed by atoms with E-state index in [0.717, 1.165) is 0 Å². The first kappa shape index (κ1) is 16.0. The third-order valence-electron chi connectivity index (χ3n) is 4.19. The van der Waals surface area contributed by atoms with E-state index in [1.165, 1.54) is 0 Å². The van der Waals surface area contributed by atoms with Crippen molar-refractivity contribution < 1.29 is 18.0 Å². The standard InChI is InChI=1S/C15H21F3N2O/c1-10(2)20-8-7-13(19-20)9-14(21)11-3-5-12(6-4-11)15(16,17)18/h7-8,10-12H,3-6,9H2,1-2H3. The van der Waals surface area contributed by atoms with Crippen molar-refractivity contribution in [2.45, 2.75) is 58.2 Å². The van der Waals surface area contributed by atoms with Crippen LogP contribution in [0.25, 0.3) is 0 Å². The van der Waals surface area contributed by atoms with Gasteiger partial charge >= 0.3 is 6.18 Å². The number of Topliss-reactive ketones (excluding diaryl/α,β-unsaturated/α-hetero) is 1. The minimum absolute atomic E-state index is 0.0182. The van der Waals surface area contributed by atoms with Gasteiger partial charge in [-0.1, -0.05) is 0 Å². The zero-order valence-electron chi connectivity index (χ0n) is 12.4. The van der Waals surface area contributed by atoms with Crippen molar-refractivity contribution in [1.82, 2.24) is 9.78 Å². The maximum Gasteiger partial charge on any atom is 0.391 e. The lowest BCUT2D eigenvalue weighted by atomic mass is 9.79. The van der Waals surface area contributed by atoms with Crippen molar-refractivity contribution in [2.75, 3.05) is 0 Å². The average molecular weight is 302 g/mol. The molecule has 0 radical (unpaired) electrons. The fourth-order valence-electron chi connectivity index (χ4n) is 2.82. The SMILES string of the molecule is CC(C)n1ccc(CC(=O)C2CCC(C(F)(F)F)CC2)n1. The molecule has 1 aromatic heterocycles. The first-order chi connectivity index (χ1) is 9.77. The van der Waals surface area contributed by atoms with Gasteiger partial charge in [-0.2, -0.15) is 18.3 Å². The summed E-state index contributed by atoms with van der Waals surface area (Å²) in [4.78, 5) is 12.2. The van der Waals surface area contributed by atoms with E-state index in [2.05, 4.69) is 5.10 Å². The van der Waals surface area contributed by atoms with Crippen molar-refractivity contribution in [3.8, 4) is 0 Å². The third-order valence-corrected chi connectivity index (χ3v) is 4.19. The fourth-order valence-corrected chi connectivity index (χ4v) is 2.82. The maximum atomic E-state index is 12.6. The highest BCUT2D eigenvalue weighted by Crippen LogP contribution is 2.39. The second-order valence-electron chi connectivity index (χ2n) is 6.11. The van der Waals surface area contributed by atoms with Gasteiger partial charge in [0.05, 0.1) is 18.0 Å². The van der Waals surface area contributed by atoms with Gasteiger partial charge < -0.3 is 0 Å². The molecule has 21 heavy (non-hydrogen) atoms. The summed E-state index contributed by atoms with van der Waals surface area (Å²) in [5.41, 5.74) is 0.701. The summed E-state index contributed by atoms with van der Waals surface area (Å²) in [6, 6.07) is 2.04. The van der Waals surface area contributed by atoms with Gasteiger partial charge in [0.1, 0.15) is 5.78 Å². The summed E-state index contributed by atoms with van der Waals surface area (Å²) in [7, 11) is 0. The monoisotopic (exact) mass is 302 g/mol. The molecular weight excluding hydrogens is 281 g/mol. The van der Waals surface area contributed by atoms with E-state index in [1.807, 2.05) is 20.0 Å². The predicted molar refractivity (Wildman–Crippen MR) is 72.8 cm³/mol. The van der Waals surface area contributed by atoms with E-state index in [0.29, 0.717) is 18.5 Å². The molecule has 0 aliphatic heterocycles. The van der Waals surface area contributed by atoms with Gasteiger partial charge in [-0.05, 0) is 45.6 Å². The average Bonchev–Trinajstić information content (AvgIpc) is 2.86. The zero-order chi connectivity index (χ0) is 15.6. The second-order valence-corrected chi connectivity index (χ2v) is 6.11. The Morgan fingerprint density at radius 3 is 2.43 bits per heavy atom. The molecule has 2 rings (SSSR count). The summed E-state index contributed by atoms with van der Waals surface area (Å²) >= 11 is 0. The summed E-state index contributed by atoms with van der Waals surface area (Å²) in [6.07, 6.45) is -1.25. The van der Waals surface area contributed by atoms with Gasteiger partial charge in [-0.15, -0.1) is 0 Å². The van der Waals surface area contributed by atoms with Crippen LogP contribution in [0, 0.1) is 11.8 Å². The van der Waals surface area contributed by atoms with E-state index in [4.69, 9.17) is 0 Å². The molecule has 1 fully saturated rings. The van der Waals surface area contributed by atoms with Crippen LogP contribution in [0.3, 0.4) is 0 Å². The van der Waals surface area contributed by atoms with Crippen LogP contribution in [-0.2, 0) is 11.2 Å². The van der Waals surface area contributed by atoms with Crippen LogP contribution >= 0.6 is 0 Å². The summed E-state index contributed by atoms with van der Waals surface area (Å²) in [5, 5.41) is 4.31. The van der Waals surface area contributed by atoms with Gasteiger partial charge in [0, 0.05) is 18.2 Å². The smallest absolute Gasteiger partial charge is 0.299 e. The first-order valence-electron chi connectivity index (χ1n) is 7.41. The van der Waals surface area contributed by atoms with E-state index in [1.54, 1.807) is 10.7 Å². The molecule has 0 aromatic carbocycles. The number of ketones is 1. The molecule has 0 bridgehead atoms. The number of carbonyl (C=O) groups excluding carboxylic acids is 1. The topological polar surface area (TPSA) is 34.9 Å². The number of nitrogens with zero attached hydrogens (tertiary/aromatic N) is 2. The molecular formula is C15H21F3N2O. The molecule has 1 aliphatic rings. The van der Waals surface area contributed by atoms with Gasteiger partial charge in [0.25, 0.3) is 0 Å². The lowest BCUT2D eigenvalue weighted by Gasteiger charge is -2.28. The Bertz CT molecular complexity index is 485. The Morgan fingerprint density at radius 2 is 1.95 bits per heavy atom. The van der Waals surface area contributed by atoms with Crippen LogP contribution in [0.2, 0.25) is 0 Å². The number of aromatic nitrogens is 2. The summed E-state index contributed by atoms with van der Waals surface area (Å²) < 4.78 is 39.6. The van der Waals surface area contributed by atoms with Crippen LogP contribution in [-0.4, -0.2) is 21.7 Å². The highest BCUT2D eigenvalue weighted by atomic mass is 19.4. The van der Waals surface area contributed by atoms with Crippen LogP contribution in [0.15, 0.2) is 12.3 Å². The van der Waals surface area contributed by atoms with Gasteiger partial charge in [-0.25, -0.2) is 0 Å². The molecule has 0 spiro atoms. The van der Waals surface area contributed by atoms with E-state index in [-0.39, 0.29) is 37.0 Å². The molecule has 0 atom stereocenters. The number of hydrogen-bond acceptors (Lipinski definition) is 2. The molecule has 1 saturated carbocycles. The van der Waals surface area contributed by atoms with Crippen molar-refractivity contribution in [3.05, 3.63) is 18.0 Å². The molecule has 0 amide bonds. The van der Waals surface area contributed by atoms with Gasteiger partial charge in [0.15, 0.2) is 0 Å². The van der Waals surface area contributed by atoms with E-state index < -0.39 is 12.1 Å². The molecule has 3 nitrogen and oxygen atoms in total. The minimum Gasteiger partial charge on any atom is -0.299 e. The van der Waals surface area contributed by atoms with Crippen molar-refractivity contribution in [3.63, 3.8) is 0 Å². The molecule has 1 aromatic rings. The van der Waals surface area contributed by atoms with Crippen molar-refractivity contribution in [2.24, 2.45) is 11.8 Å². The number of carbonyl (C=O) groups is 1. The quantitative estimate of drug-likeness (QED) is 0.844. The van der Waals surface area contributed by atoms with Crippen molar-refractivity contribution in [1.29, 1.82) is 0 Å². The molecule has 118 valence electrons. The lowest BCUT2D eigenvalue weighted by molar-refractivity contribution is -0.184. The zero-order valence-corrected chi connectivity index (χ0v) is 12.4. The number of halogens is 3. The van der Waals surface area contributed by atoms with Crippen LogP contribution in [0.1, 0.15) is 51.3 Å². The fraction of sp³-hybridized carbons (Fsp3) is 0.733. The third kappa shape index (κ3) is 4.08. The normalized spacial score (nSPS) is 23.5. The highest BCUT2D eigenvalue weighted by Gasteiger charge is 2.42. The Labute approximate surface area is 122 Å². The van der Waals surface area contributed by atoms with Gasteiger partial charge in [-0.3, -0.25) is 9.48 Å². The molecule has 0 saturated heterocycles. The van der Waals surface area contributed by atoms with E-state index >= 15 is 0 Å². The molecule has 0 N–H and O–H groups in total. The maximum absolute atomic E-state index is 12.6. The van der Waals surface area contributed by atoms with E-state index in [9.17, 15) is 18.0 Å².